The predicted molar refractivity (Wildman–Crippen MR) is 56.4 cm³/mol. The number of halogens is 2. The van der Waals surface area contributed by atoms with Crippen LogP contribution in [0.5, 0.6) is 0 Å². The number of nitrogens with two attached hydrogens (primary N) is 1. The summed E-state index contributed by atoms with van der Waals surface area (Å²) in [5.74, 6) is -1.09. The van der Waals surface area contributed by atoms with Gasteiger partial charge >= 0.3 is 0 Å². The van der Waals surface area contributed by atoms with Gasteiger partial charge in [0.1, 0.15) is 11.6 Å². The van der Waals surface area contributed by atoms with E-state index in [0.29, 0.717) is 6.54 Å². The Kier molecular flexibility index (Phi) is 4.65. The van der Waals surface area contributed by atoms with Crippen LogP contribution in [0, 0.1) is 11.6 Å². The van der Waals surface area contributed by atoms with Crippen LogP contribution in [0.15, 0.2) is 18.2 Å². The molecule has 0 aliphatic heterocycles. The van der Waals surface area contributed by atoms with E-state index < -0.39 is 17.7 Å². The van der Waals surface area contributed by atoms with E-state index in [0.717, 1.165) is 6.42 Å². The lowest BCUT2D eigenvalue weighted by Gasteiger charge is -2.18. The molecule has 84 valence electrons. The molecule has 0 amide bonds. The fraction of sp³-hybridized carbons (Fsp3) is 0.455. The molecule has 3 N–H and O–H groups in total. The molecule has 1 aromatic carbocycles. The van der Waals surface area contributed by atoms with Crippen LogP contribution >= 0.6 is 0 Å². The largest absolute Gasteiger partial charge is 0.329 e. The van der Waals surface area contributed by atoms with E-state index in [4.69, 9.17) is 5.73 Å². The molecule has 0 spiro atoms. The summed E-state index contributed by atoms with van der Waals surface area (Å²) < 4.78 is 26.8. The second-order valence-electron chi connectivity index (χ2n) is 3.38. The van der Waals surface area contributed by atoms with Crippen LogP contribution in [0.4, 0.5) is 8.78 Å². The Morgan fingerprint density at radius 3 is 2.40 bits per heavy atom. The summed E-state index contributed by atoms with van der Waals surface area (Å²) in [6.45, 7) is 2.85. The van der Waals surface area contributed by atoms with Crippen molar-refractivity contribution in [1.82, 2.24) is 5.32 Å². The van der Waals surface area contributed by atoms with Gasteiger partial charge in [-0.15, -0.1) is 0 Å². The summed E-state index contributed by atoms with van der Waals surface area (Å²) in [5, 5.41) is 3.01. The van der Waals surface area contributed by atoms with Gasteiger partial charge in [0, 0.05) is 12.1 Å². The van der Waals surface area contributed by atoms with E-state index in [1.165, 1.54) is 18.2 Å². The van der Waals surface area contributed by atoms with Crippen LogP contribution in [-0.2, 0) is 0 Å². The topological polar surface area (TPSA) is 38.0 Å². The molecule has 0 aromatic heterocycles. The maximum absolute atomic E-state index is 13.4. The van der Waals surface area contributed by atoms with Gasteiger partial charge in [-0.05, 0) is 25.1 Å². The molecule has 0 aliphatic rings. The van der Waals surface area contributed by atoms with Gasteiger partial charge in [-0.25, -0.2) is 8.78 Å². The molecule has 1 aromatic rings. The van der Waals surface area contributed by atoms with Gasteiger partial charge < -0.3 is 11.1 Å². The third kappa shape index (κ3) is 2.97. The summed E-state index contributed by atoms with van der Waals surface area (Å²) in [6.07, 6.45) is 0.895. The van der Waals surface area contributed by atoms with Crippen molar-refractivity contribution in [3.05, 3.63) is 35.4 Å². The molecule has 0 radical (unpaired) electrons. The Hall–Kier alpha value is -1.00. The summed E-state index contributed by atoms with van der Waals surface area (Å²) in [5.41, 5.74) is 5.52. The van der Waals surface area contributed by atoms with Crippen molar-refractivity contribution in [2.75, 3.05) is 13.1 Å². The molecule has 2 nitrogen and oxygen atoms in total. The highest BCUT2D eigenvalue weighted by Crippen LogP contribution is 2.19. The van der Waals surface area contributed by atoms with Gasteiger partial charge in [-0.3, -0.25) is 0 Å². The second kappa shape index (κ2) is 5.78. The molecule has 1 rings (SSSR count). The van der Waals surface area contributed by atoms with Crippen molar-refractivity contribution < 1.29 is 8.78 Å². The van der Waals surface area contributed by atoms with Gasteiger partial charge in [0.2, 0.25) is 0 Å². The zero-order valence-electron chi connectivity index (χ0n) is 8.76. The molecule has 0 bridgehead atoms. The van der Waals surface area contributed by atoms with Crippen molar-refractivity contribution >= 4 is 0 Å². The minimum absolute atomic E-state index is 0.0356. The van der Waals surface area contributed by atoms with Crippen LogP contribution < -0.4 is 11.1 Å². The molecule has 0 fully saturated rings. The van der Waals surface area contributed by atoms with Crippen LogP contribution in [0.2, 0.25) is 0 Å². The van der Waals surface area contributed by atoms with Crippen molar-refractivity contribution in [1.29, 1.82) is 0 Å². The SMILES string of the molecule is CCCNC(CN)c1c(F)cccc1F. The van der Waals surface area contributed by atoms with E-state index in [1.54, 1.807) is 0 Å². The minimum atomic E-state index is -0.547. The fourth-order valence-corrected chi connectivity index (χ4v) is 1.47. The quantitative estimate of drug-likeness (QED) is 0.786. The van der Waals surface area contributed by atoms with E-state index in [-0.39, 0.29) is 12.1 Å². The molecule has 1 unspecified atom stereocenters. The molecule has 15 heavy (non-hydrogen) atoms. The molecule has 1 atom stereocenters. The van der Waals surface area contributed by atoms with Gasteiger partial charge in [-0.1, -0.05) is 13.0 Å². The van der Waals surface area contributed by atoms with Crippen molar-refractivity contribution in [2.24, 2.45) is 5.73 Å². The van der Waals surface area contributed by atoms with Crippen molar-refractivity contribution in [3.8, 4) is 0 Å². The monoisotopic (exact) mass is 214 g/mol. The number of rotatable bonds is 5. The number of benzene rings is 1. The molecule has 0 saturated heterocycles. The standard InChI is InChI=1S/C11H16F2N2/c1-2-6-15-10(7-14)11-8(12)4-3-5-9(11)13/h3-5,10,15H,2,6-7,14H2,1H3. The third-order valence-corrected chi connectivity index (χ3v) is 2.22. The van der Waals surface area contributed by atoms with E-state index in [1.807, 2.05) is 6.92 Å². The maximum atomic E-state index is 13.4. The van der Waals surface area contributed by atoms with Crippen LogP contribution in [-0.4, -0.2) is 13.1 Å². The van der Waals surface area contributed by atoms with E-state index in [2.05, 4.69) is 5.32 Å². The van der Waals surface area contributed by atoms with Gasteiger partial charge in [0.15, 0.2) is 0 Å². The van der Waals surface area contributed by atoms with E-state index in [9.17, 15) is 8.78 Å². The lowest BCUT2D eigenvalue weighted by atomic mass is 10.1. The second-order valence-corrected chi connectivity index (χ2v) is 3.38. The highest BCUT2D eigenvalue weighted by Gasteiger charge is 2.17. The van der Waals surface area contributed by atoms with Gasteiger partial charge in [0.05, 0.1) is 6.04 Å². The molecule has 0 saturated carbocycles. The van der Waals surface area contributed by atoms with Gasteiger partial charge in [0.25, 0.3) is 0 Å². The van der Waals surface area contributed by atoms with Crippen LogP contribution in [0.1, 0.15) is 24.9 Å². The van der Waals surface area contributed by atoms with Crippen molar-refractivity contribution in [3.63, 3.8) is 0 Å². The Balaban J connectivity index is 2.90. The fourth-order valence-electron chi connectivity index (χ4n) is 1.47. The summed E-state index contributed by atoms with van der Waals surface area (Å²) in [6, 6.07) is 3.39. The Labute approximate surface area is 88.5 Å². The predicted octanol–water partition coefficient (Wildman–Crippen LogP) is 1.96. The highest BCUT2D eigenvalue weighted by molar-refractivity contribution is 5.23. The third-order valence-electron chi connectivity index (χ3n) is 2.22. The summed E-state index contributed by atoms with van der Waals surface area (Å²) in [7, 11) is 0. The lowest BCUT2D eigenvalue weighted by Crippen LogP contribution is -2.30. The van der Waals surface area contributed by atoms with Crippen LogP contribution in [0.3, 0.4) is 0 Å². The summed E-state index contributed by atoms with van der Waals surface area (Å²) in [4.78, 5) is 0. The first-order valence-electron chi connectivity index (χ1n) is 5.08. The number of hydrogen-bond acceptors (Lipinski definition) is 2. The average molecular weight is 214 g/mol. The number of hydrogen-bond donors (Lipinski definition) is 2. The molecular formula is C11H16F2N2. The smallest absolute Gasteiger partial charge is 0.130 e. The first-order chi connectivity index (χ1) is 7.20. The first-order valence-corrected chi connectivity index (χ1v) is 5.08. The Morgan fingerprint density at radius 2 is 1.93 bits per heavy atom. The molecule has 4 heteroatoms. The molecule has 0 heterocycles. The number of nitrogens with one attached hydrogen (secondary N) is 1. The lowest BCUT2D eigenvalue weighted by molar-refractivity contribution is 0.471. The zero-order chi connectivity index (χ0) is 11.3. The normalized spacial score (nSPS) is 12.8. The average Bonchev–Trinajstić information content (AvgIpc) is 2.22. The highest BCUT2D eigenvalue weighted by atomic mass is 19.1. The zero-order valence-corrected chi connectivity index (χ0v) is 8.76. The Morgan fingerprint density at radius 1 is 1.33 bits per heavy atom. The summed E-state index contributed by atoms with van der Waals surface area (Å²) >= 11 is 0. The molecular weight excluding hydrogens is 198 g/mol. The molecule has 0 aliphatic carbocycles. The van der Waals surface area contributed by atoms with Gasteiger partial charge in [-0.2, -0.15) is 0 Å². The van der Waals surface area contributed by atoms with Crippen LogP contribution in [0.25, 0.3) is 0 Å². The van der Waals surface area contributed by atoms with Crippen molar-refractivity contribution in [2.45, 2.75) is 19.4 Å². The van der Waals surface area contributed by atoms with E-state index >= 15 is 0 Å². The minimum Gasteiger partial charge on any atom is -0.329 e. The maximum Gasteiger partial charge on any atom is 0.130 e. The first kappa shape index (κ1) is 12.1. The Bertz CT molecular complexity index is 295.